The van der Waals surface area contributed by atoms with Crippen molar-refractivity contribution in [3.8, 4) is 22.6 Å². The van der Waals surface area contributed by atoms with Gasteiger partial charge in [0.25, 0.3) is 0 Å². The molecule has 0 aliphatic heterocycles. The van der Waals surface area contributed by atoms with Gasteiger partial charge in [-0.1, -0.05) is 66.7 Å². The Labute approximate surface area is 153 Å². The van der Waals surface area contributed by atoms with E-state index in [4.69, 9.17) is 4.74 Å². The van der Waals surface area contributed by atoms with E-state index in [1.165, 1.54) is 0 Å². The van der Waals surface area contributed by atoms with Crippen molar-refractivity contribution in [2.75, 3.05) is 13.2 Å². The summed E-state index contributed by atoms with van der Waals surface area (Å²) in [6.45, 7) is 0.770. The number of para-hydroxylation sites is 2. The zero-order valence-electron chi connectivity index (χ0n) is 14.4. The van der Waals surface area contributed by atoms with Crippen molar-refractivity contribution < 1.29 is 14.6 Å². The fourth-order valence-corrected chi connectivity index (χ4v) is 2.70. The van der Waals surface area contributed by atoms with Gasteiger partial charge in [0.15, 0.2) is 0 Å². The molecule has 0 unspecified atom stereocenters. The summed E-state index contributed by atoms with van der Waals surface area (Å²) >= 11 is 0. The molecule has 0 saturated carbocycles. The van der Waals surface area contributed by atoms with Crippen molar-refractivity contribution in [2.24, 2.45) is 0 Å². The van der Waals surface area contributed by atoms with Crippen LogP contribution in [0.15, 0.2) is 78.9 Å². The quantitative estimate of drug-likeness (QED) is 0.639. The second kappa shape index (κ2) is 8.72. The summed E-state index contributed by atoms with van der Waals surface area (Å²) in [5.74, 6) is 0.774. The van der Waals surface area contributed by atoms with E-state index in [0.717, 1.165) is 16.9 Å². The SMILES string of the molecule is O=C(Cc1ccccc1O)NCCOc1ccccc1-c1ccccc1. The highest BCUT2D eigenvalue weighted by Gasteiger charge is 2.08. The molecule has 0 saturated heterocycles. The van der Waals surface area contributed by atoms with E-state index in [-0.39, 0.29) is 18.1 Å². The molecule has 0 radical (unpaired) electrons. The Morgan fingerprint density at radius 3 is 2.38 bits per heavy atom. The predicted molar refractivity (Wildman–Crippen MR) is 102 cm³/mol. The molecule has 0 heterocycles. The van der Waals surface area contributed by atoms with E-state index < -0.39 is 0 Å². The molecule has 0 aliphatic rings. The van der Waals surface area contributed by atoms with Crippen LogP contribution in [0.2, 0.25) is 0 Å². The van der Waals surface area contributed by atoms with Gasteiger partial charge in [-0.3, -0.25) is 4.79 Å². The van der Waals surface area contributed by atoms with Crippen LogP contribution in [0.1, 0.15) is 5.56 Å². The number of benzene rings is 3. The molecule has 0 bridgehead atoms. The predicted octanol–water partition coefficient (Wildman–Crippen LogP) is 3.80. The Bertz CT molecular complexity index is 862. The van der Waals surface area contributed by atoms with Crippen molar-refractivity contribution in [1.82, 2.24) is 5.32 Å². The Kier molecular flexibility index (Phi) is 5.88. The number of nitrogens with one attached hydrogen (secondary N) is 1. The minimum atomic E-state index is -0.147. The molecule has 0 atom stereocenters. The summed E-state index contributed by atoms with van der Waals surface area (Å²) < 4.78 is 5.85. The number of rotatable bonds is 7. The van der Waals surface area contributed by atoms with Gasteiger partial charge in [0.1, 0.15) is 18.1 Å². The van der Waals surface area contributed by atoms with Crippen molar-refractivity contribution in [2.45, 2.75) is 6.42 Å². The van der Waals surface area contributed by atoms with Crippen molar-refractivity contribution in [3.05, 3.63) is 84.4 Å². The molecule has 0 fully saturated rings. The van der Waals surface area contributed by atoms with Gasteiger partial charge in [0.2, 0.25) is 5.91 Å². The zero-order chi connectivity index (χ0) is 18.2. The van der Waals surface area contributed by atoms with Crippen LogP contribution in [0.5, 0.6) is 11.5 Å². The number of hydrogen-bond donors (Lipinski definition) is 2. The Morgan fingerprint density at radius 1 is 0.885 bits per heavy atom. The molecule has 2 N–H and O–H groups in total. The number of phenolic OH excluding ortho intramolecular Hbond substituents is 1. The third kappa shape index (κ3) is 4.63. The number of amides is 1. The van der Waals surface area contributed by atoms with Crippen LogP contribution in [-0.4, -0.2) is 24.2 Å². The number of carbonyl (C=O) groups is 1. The number of aromatic hydroxyl groups is 1. The van der Waals surface area contributed by atoms with Crippen LogP contribution in [0.4, 0.5) is 0 Å². The Morgan fingerprint density at radius 2 is 1.58 bits per heavy atom. The number of phenols is 1. The summed E-state index contributed by atoms with van der Waals surface area (Å²) in [5.41, 5.74) is 2.72. The normalized spacial score (nSPS) is 10.3. The molecular weight excluding hydrogens is 326 g/mol. The van der Waals surface area contributed by atoms with Crippen LogP contribution in [-0.2, 0) is 11.2 Å². The first-order valence-electron chi connectivity index (χ1n) is 8.55. The van der Waals surface area contributed by atoms with E-state index >= 15 is 0 Å². The van der Waals surface area contributed by atoms with E-state index in [9.17, 15) is 9.90 Å². The minimum Gasteiger partial charge on any atom is -0.508 e. The average Bonchev–Trinajstić information content (AvgIpc) is 2.68. The van der Waals surface area contributed by atoms with Crippen molar-refractivity contribution >= 4 is 5.91 Å². The highest BCUT2D eigenvalue weighted by atomic mass is 16.5. The molecule has 0 spiro atoms. The smallest absolute Gasteiger partial charge is 0.224 e. The maximum Gasteiger partial charge on any atom is 0.224 e. The minimum absolute atomic E-state index is 0.135. The number of hydrogen-bond acceptors (Lipinski definition) is 3. The molecule has 3 rings (SSSR count). The van der Waals surface area contributed by atoms with E-state index in [0.29, 0.717) is 18.7 Å². The number of carbonyl (C=O) groups excluding carboxylic acids is 1. The van der Waals surface area contributed by atoms with Gasteiger partial charge in [-0.15, -0.1) is 0 Å². The number of ether oxygens (including phenoxy) is 1. The third-order valence-corrected chi connectivity index (χ3v) is 4.00. The lowest BCUT2D eigenvalue weighted by molar-refractivity contribution is -0.120. The summed E-state index contributed by atoms with van der Waals surface area (Å²) in [6.07, 6.45) is 0.146. The monoisotopic (exact) mass is 347 g/mol. The first-order valence-corrected chi connectivity index (χ1v) is 8.55. The lowest BCUT2D eigenvalue weighted by Crippen LogP contribution is -2.29. The van der Waals surface area contributed by atoms with Crippen LogP contribution in [0.25, 0.3) is 11.1 Å². The molecule has 0 aromatic heterocycles. The standard InChI is InChI=1S/C22H21NO3/c24-20-12-6-4-10-18(20)16-22(25)23-14-15-26-21-13-7-5-11-19(21)17-8-2-1-3-9-17/h1-13,24H,14-16H2,(H,23,25). The van der Waals surface area contributed by atoms with Gasteiger partial charge in [-0.25, -0.2) is 0 Å². The molecule has 4 nitrogen and oxygen atoms in total. The van der Waals surface area contributed by atoms with E-state index in [1.54, 1.807) is 24.3 Å². The second-order valence-electron chi connectivity index (χ2n) is 5.87. The Balaban J connectivity index is 1.51. The molecule has 132 valence electrons. The molecule has 4 heteroatoms. The van der Waals surface area contributed by atoms with E-state index in [1.807, 2.05) is 54.6 Å². The van der Waals surface area contributed by atoms with Crippen LogP contribution in [0, 0.1) is 0 Å². The van der Waals surface area contributed by atoms with Gasteiger partial charge in [-0.05, 0) is 17.7 Å². The first kappa shape index (κ1) is 17.5. The summed E-state index contributed by atoms with van der Waals surface area (Å²) in [4.78, 5) is 12.0. The first-order chi connectivity index (χ1) is 12.7. The highest BCUT2D eigenvalue weighted by Crippen LogP contribution is 2.29. The Hall–Kier alpha value is -3.27. The molecular formula is C22H21NO3. The van der Waals surface area contributed by atoms with Gasteiger partial charge < -0.3 is 15.2 Å². The van der Waals surface area contributed by atoms with Gasteiger partial charge in [-0.2, -0.15) is 0 Å². The summed E-state index contributed by atoms with van der Waals surface area (Å²) in [5, 5.41) is 12.5. The molecule has 1 amide bonds. The van der Waals surface area contributed by atoms with Crippen LogP contribution in [0.3, 0.4) is 0 Å². The molecule has 3 aromatic carbocycles. The van der Waals surface area contributed by atoms with E-state index in [2.05, 4.69) is 5.32 Å². The zero-order valence-corrected chi connectivity index (χ0v) is 14.4. The fourth-order valence-electron chi connectivity index (χ4n) is 2.70. The summed E-state index contributed by atoms with van der Waals surface area (Å²) in [6, 6.07) is 24.7. The van der Waals surface area contributed by atoms with Crippen molar-refractivity contribution in [3.63, 3.8) is 0 Å². The fraction of sp³-hybridized carbons (Fsp3) is 0.136. The van der Waals surface area contributed by atoms with Gasteiger partial charge in [0.05, 0.1) is 13.0 Å². The maximum absolute atomic E-state index is 12.0. The van der Waals surface area contributed by atoms with Gasteiger partial charge in [0, 0.05) is 11.1 Å². The maximum atomic E-state index is 12.0. The molecule has 3 aromatic rings. The lowest BCUT2D eigenvalue weighted by atomic mass is 10.1. The second-order valence-corrected chi connectivity index (χ2v) is 5.87. The average molecular weight is 347 g/mol. The summed E-state index contributed by atoms with van der Waals surface area (Å²) in [7, 11) is 0. The molecule has 26 heavy (non-hydrogen) atoms. The van der Waals surface area contributed by atoms with Gasteiger partial charge >= 0.3 is 0 Å². The lowest BCUT2D eigenvalue weighted by Gasteiger charge is -2.12. The van der Waals surface area contributed by atoms with Crippen LogP contribution >= 0.6 is 0 Å². The highest BCUT2D eigenvalue weighted by molar-refractivity contribution is 5.79. The molecule has 0 aliphatic carbocycles. The topological polar surface area (TPSA) is 58.6 Å². The largest absolute Gasteiger partial charge is 0.508 e. The van der Waals surface area contributed by atoms with Crippen LogP contribution < -0.4 is 10.1 Å². The van der Waals surface area contributed by atoms with Crippen molar-refractivity contribution in [1.29, 1.82) is 0 Å². The third-order valence-electron chi connectivity index (χ3n) is 4.00.